The standard InChI is InChI=1S/C12H23NO/c1-12(2)6-3-9(4-7-12)11-10(13)5-8-14-11/h9-11H,3-8,13H2,1-2H3. The zero-order chi connectivity index (χ0) is 10.2. The molecular formula is C12H23NO. The van der Waals surface area contributed by atoms with E-state index in [2.05, 4.69) is 13.8 Å². The molecule has 2 unspecified atom stereocenters. The Morgan fingerprint density at radius 1 is 1.14 bits per heavy atom. The van der Waals surface area contributed by atoms with Crippen LogP contribution in [0, 0.1) is 11.3 Å². The van der Waals surface area contributed by atoms with Gasteiger partial charge in [-0.2, -0.15) is 0 Å². The Labute approximate surface area is 87.2 Å². The molecule has 2 rings (SSSR count). The van der Waals surface area contributed by atoms with Gasteiger partial charge in [0.25, 0.3) is 0 Å². The van der Waals surface area contributed by atoms with Crippen molar-refractivity contribution in [3.05, 3.63) is 0 Å². The maximum atomic E-state index is 6.05. The number of hydrogen-bond acceptors (Lipinski definition) is 2. The first kappa shape index (κ1) is 10.4. The lowest BCUT2D eigenvalue weighted by Crippen LogP contribution is -2.39. The van der Waals surface area contributed by atoms with Gasteiger partial charge in [-0.15, -0.1) is 0 Å². The van der Waals surface area contributed by atoms with E-state index >= 15 is 0 Å². The Bertz CT molecular complexity index is 192. The van der Waals surface area contributed by atoms with E-state index in [1.165, 1.54) is 25.7 Å². The predicted octanol–water partition coefficient (Wildman–Crippen LogP) is 2.32. The van der Waals surface area contributed by atoms with Crippen molar-refractivity contribution >= 4 is 0 Å². The maximum absolute atomic E-state index is 6.05. The van der Waals surface area contributed by atoms with Gasteiger partial charge in [0.05, 0.1) is 6.10 Å². The predicted molar refractivity (Wildman–Crippen MR) is 58.1 cm³/mol. The van der Waals surface area contributed by atoms with Gasteiger partial charge in [0, 0.05) is 12.6 Å². The minimum absolute atomic E-state index is 0.307. The topological polar surface area (TPSA) is 35.2 Å². The average molecular weight is 197 g/mol. The lowest BCUT2D eigenvalue weighted by Gasteiger charge is -2.37. The Kier molecular flexibility index (Phi) is 2.85. The molecule has 1 aliphatic heterocycles. The number of hydrogen-bond donors (Lipinski definition) is 1. The molecule has 0 amide bonds. The number of nitrogens with two attached hydrogens (primary N) is 1. The lowest BCUT2D eigenvalue weighted by atomic mass is 9.71. The molecule has 2 atom stereocenters. The van der Waals surface area contributed by atoms with Gasteiger partial charge in [-0.3, -0.25) is 0 Å². The van der Waals surface area contributed by atoms with Crippen LogP contribution in [0.25, 0.3) is 0 Å². The van der Waals surface area contributed by atoms with E-state index in [4.69, 9.17) is 10.5 Å². The second kappa shape index (κ2) is 3.82. The van der Waals surface area contributed by atoms with Crippen molar-refractivity contribution in [2.75, 3.05) is 6.61 Å². The molecule has 14 heavy (non-hydrogen) atoms. The second-order valence-electron chi connectivity index (χ2n) is 5.79. The van der Waals surface area contributed by atoms with Crippen LogP contribution in [0.4, 0.5) is 0 Å². The summed E-state index contributed by atoms with van der Waals surface area (Å²) in [4.78, 5) is 0. The highest BCUT2D eigenvalue weighted by molar-refractivity contribution is 4.89. The van der Waals surface area contributed by atoms with Gasteiger partial charge >= 0.3 is 0 Å². The highest BCUT2D eigenvalue weighted by Gasteiger charge is 2.36. The molecule has 0 radical (unpaired) electrons. The van der Waals surface area contributed by atoms with Crippen LogP contribution in [-0.2, 0) is 4.74 Å². The van der Waals surface area contributed by atoms with Crippen LogP contribution < -0.4 is 5.73 Å². The van der Waals surface area contributed by atoms with E-state index in [9.17, 15) is 0 Å². The smallest absolute Gasteiger partial charge is 0.0754 e. The normalized spacial score (nSPS) is 38.8. The first-order valence-corrected chi connectivity index (χ1v) is 5.96. The molecule has 2 heteroatoms. The Morgan fingerprint density at radius 2 is 1.79 bits per heavy atom. The van der Waals surface area contributed by atoms with E-state index in [1.807, 2.05) is 0 Å². The van der Waals surface area contributed by atoms with Crippen LogP contribution in [0.5, 0.6) is 0 Å². The zero-order valence-corrected chi connectivity index (χ0v) is 9.46. The molecule has 1 saturated carbocycles. The van der Waals surface area contributed by atoms with Crippen LogP contribution in [0.2, 0.25) is 0 Å². The molecule has 2 nitrogen and oxygen atoms in total. The summed E-state index contributed by atoms with van der Waals surface area (Å²) in [5, 5.41) is 0. The third kappa shape index (κ3) is 2.12. The quantitative estimate of drug-likeness (QED) is 0.700. The highest BCUT2D eigenvalue weighted by Crippen LogP contribution is 2.41. The third-order valence-electron chi connectivity index (χ3n) is 4.03. The first-order chi connectivity index (χ1) is 6.58. The van der Waals surface area contributed by atoms with Crippen LogP contribution in [-0.4, -0.2) is 18.8 Å². The summed E-state index contributed by atoms with van der Waals surface area (Å²) in [6.45, 7) is 5.63. The molecule has 0 spiro atoms. The molecule has 2 fully saturated rings. The van der Waals surface area contributed by atoms with Gasteiger partial charge in [-0.1, -0.05) is 13.8 Å². The van der Waals surface area contributed by atoms with E-state index in [0.717, 1.165) is 18.9 Å². The van der Waals surface area contributed by atoms with Crippen molar-refractivity contribution < 1.29 is 4.74 Å². The number of rotatable bonds is 1. The van der Waals surface area contributed by atoms with Crippen molar-refractivity contribution in [3.63, 3.8) is 0 Å². The molecule has 2 aliphatic rings. The fourth-order valence-corrected chi connectivity index (χ4v) is 2.86. The summed E-state index contributed by atoms with van der Waals surface area (Å²) in [7, 11) is 0. The van der Waals surface area contributed by atoms with Gasteiger partial charge in [-0.25, -0.2) is 0 Å². The summed E-state index contributed by atoms with van der Waals surface area (Å²) in [6, 6.07) is 0.307. The largest absolute Gasteiger partial charge is 0.376 e. The molecule has 1 aliphatic carbocycles. The fourth-order valence-electron chi connectivity index (χ4n) is 2.86. The van der Waals surface area contributed by atoms with Gasteiger partial charge < -0.3 is 10.5 Å². The molecule has 0 aromatic carbocycles. The molecule has 1 saturated heterocycles. The molecular weight excluding hydrogens is 174 g/mol. The summed E-state index contributed by atoms with van der Waals surface area (Å²) < 4.78 is 5.75. The first-order valence-electron chi connectivity index (χ1n) is 5.96. The van der Waals surface area contributed by atoms with Gasteiger partial charge in [0.15, 0.2) is 0 Å². The molecule has 2 N–H and O–H groups in total. The summed E-state index contributed by atoms with van der Waals surface area (Å²) in [5.74, 6) is 0.737. The molecule has 82 valence electrons. The van der Waals surface area contributed by atoms with Crippen molar-refractivity contribution in [2.24, 2.45) is 17.1 Å². The van der Waals surface area contributed by atoms with Crippen LogP contribution in [0.15, 0.2) is 0 Å². The summed E-state index contributed by atoms with van der Waals surface area (Å²) in [6.07, 6.45) is 6.72. The Morgan fingerprint density at radius 3 is 2.29 bits per heavy atom. The van der Waals surface area contributed by atoms with Crippen molar-refractivity contribution in [3.8, 4) is 0 Å². The van der Waals surface area contributed by atoms with E-state index in [0.29, 0.717) is 17.6 Å². The molecule has 0 aromatic heterocycles. The highest BCUT2D eigenvalue weighted by atomic mass is 16.5. The van der Waals surface area contributed by atoms with Crippen molar-refractivity contribution in [1.29, 1.82) is 0 Å². The van der Waals surface area contributed by atoms with E-state index in [1.54, 1.807) is 0 Å². The Hall–Kier alpha value is -0.0800. The molecule has 0 aromatic rings. The monoisotopic (exact) mass is 197 g/mol. The molecule has 0 bridgehead atoms. The zero-order valence-electron chi connectivity index (χ0n) is 9.46. The van der Waals surface area contributed by atoms with Crippen molar-refractivity contribution in [1.82, 2.24) is 0 Å². The van der Waals surface area contributed by atoms with Crippen LogP contribution in [0.1, 0.15) is 46.0 Å². The fraction of sp³-hybridized carbons (Fsp3) is 1.00. The second-order valence-corrected chi connectivity index (χ2v) is 5.79. The average Bonchev–Trinajstić information content (AvgIpc) is 2.52. The third-order valence-corrected chi connectivity index (χ3v) is 4.03. The maximum Gasteiger partial charge on any atom is 0.0754 e. The summed E-state index contributed by atoms with van der Waals surface area (Å²) in [5.41, 5.74) is 6.61. The number of ether oxygens (including phenoxy) is 1. The van der Waals surface area contributed by atoms with Crippen molar-refractivity contribution in [2.45, 2.75) is 58.1 Å². The minimum atomic E-state index is 0.307. The molecule has 1 heterocycles. The minimum Gasteiger partial charge on any atom is -0.376 e. The Balaban J connectivity index is 1.89. The SMILES string of the molecule is CC1(C)CCC(C2OCCC2N)CC1. The van der Waals surface area contributed by atoms with Gasteiger partial charge in [0.2, 0.25) is 0 Å². The van der Waals surface area contributed by atoms with E-state index < -0.39 is 0 Å². The van der Waals surface area contributed by atoms with Crippen LogP contribution in [0.3, 0.4) is 0 Å². The van der Waals surface area contributed by atoms with Gasteiger partial charge in [0.1, 0.15) is 0 Å². The van der Waals surface area contributed by atoms with Gasteiger partial charge in [-0.05, 0) is 43.4 Å². The lowest BCUT2D eigenvalue weighted by molar-refractivity contribution is 0.0237. The summed E-state index contributed by atoms with van der Waals surface area (Å²) >= 11 is 0. The van der Waals surface area contributed by atoms with E-state index in [-0.39, 0.29) is 0 Å². The van der Waals surface area contributed by atoms with Crippen LogP contribution >= 0.6 is 0 Å².